The van der Waals surface area contributed by atoms with Crippen molar-refractivity contribution in [1.29, 1.82) is 5.41 Å². The first-order valence-corrected chi connectivity index (χ1v) is 4.26. The first-order chi connectivity index (χ1) is 3.83. The van der Waals surface area contributed by atoms with Gasteiger partial charge in [-0.2, -0.15) is 12.6 Å². The Hall–Kier alpha value is 0.370. The quantitative estimate of drug-likeness (QED) is 0.541. The van der Waals surface area contributed by atoms with Gasteiger partial charge in [-0.15, -0.1) is 11.8 Å². The molecule has 3 heteroatoms. The van der Waals surface area contributed by atoms with Crippen LogP contribution in [-0.4, -0.2) is 16.5 Å². The van der Waals surface area contributed by atoms with E-state index in [1.54, 1.807) is 11.8 Å². The molecule has 1 nitrogen and oxygen atoms in total. The highest BCUT2D eigenvalue weighted by Gasteiger charge is 2.17. The summed E-state index contributed by atoms with van der Waals surface area (Å²) in [6.07, 6.45) is 0.966. The number of nitrogens with one attached hydrogen (secondary N) is 1. The van der Waals surface area contributed by atoms with Crippen LogP contribution in [0.1, 0.15) is 6.42 Å². The molecule has 1 unspecified atom stereocenters. The van der Waals surface area contributed by atoms with Crippen LogP contribution in [0.5, 0.6) is 0 Å². The SMILES string of the molecule is N=C1CC(CS)CS1. The highest BCUT2D eigenvalue weighted by molar-refractivity contribution is 8.14. The lowest BCUT2D eigenvalue weighted by atomic mass is 10.1. The molecule has 0 radical (unpaired) electrons. The maximum Gasteiger partial charge on any atom is 0.0644 e. The average molecular weight is 147 g/mol. The molecule has 46 valence electrons. The van der Waals surface area contributed by atoms with Gasteiger partial charge in [0.25, 0.3) is 0 Å². The fourth-order valence-electron chi connectivity index (χ4n) is 0.716. The number of thiol groups is 1. The van der Waals surface area contributed by atoms with Crippen molar-refractivity contribution >= 4 is 29.4 Å². The van der Waals surface area contributed by atoms with Crippen molar-refractivity contribution in [2.75, 3.05) is 11.5 Å². The van der Waals surface area contributed by atoms with E-state index >= 15 is 0 Å². The Morgan fingerprint density at radius 3 is 2.88 bits per heavy atom. The van der Waals surface area contributed by atoms with Gasteiger partial charge in [-0.25, -0.2) is 0 Å². The summed E-state index contributed by atoms with van der Waals surface area (Å²) in [5.74, 6) is 2.73. The van der Waals surface area contributed by atoms with Crippen molar-refractivity contribution in [1.82, 2.24) is 0 Å². The largest absolute Gasteiger partial charge is 0.298 e. The molecule has 1 saturated heterocycles. The lowest BCUT2D eigenvalue weighted by molar-refractivity contribution is 0.729. The van der Waals surface area contributed by atoms with Crippen molar-refractivity contribution in [3.8, 4) is 0 Å². The predicted octanol–water partition coefficient (Wildman–Crippen LogP) is 1.65. The zero-order valence-corrected chi connectivity index (χ0v) is 6.27. The molecule has 0 aromatic heterocycles. The molecule has 0 saturated carbocycles. The highest BCUT2D eigenvalue weighted by atomic mass is 32.2. The van der Waals surface area contributed by atoms with Crippen LogP contribution in [0.15, 0.2) is 0 Å². The van der Waals surface area contributed by atoms with Gasteiger partial charge in [-0.3, -0.25) is 5.41 Å². The summed E-state index contributed by atoms with van der Waals surface area (Å²) in [6.45, 7) is 0. The lowest BCUT2D eigenvalue weighted by Crippen LogP contribution is -1.98. The number of rotatable bonds is 1. The molecule has 1 rings (SSSR count). The summed E-state index contributed by atoms with van der Waals surface area (Å²) < 4.78 is 0. The highest BCUT2D eigenvalue weighted by Crippen LogP contribution is 2.25. The molecule has 0 aliphatic carbocycles. The Kier molecular flexibility index (Phi) is 2.26. The zero-order chi connectivity index (χ0) is 5.98. The summed E-state index contributed by atoms with van der Waals surface area (Å²) in [6, 6.07) is 0. The van der Waals surface area contributed by atoms with E-state index in [9.17, 15) is 0 Å². The van der Waals surface area contributed by atoms with Crippen molar-refractivity contribution < 1.29 is 0 Å². The topological polar surface area (TPSA) is 23.9 Å². The van der Waals surface area contributed by atoms with Crippen LogP contribution in [-0.2, 0) is 0 Å². The van der Waals surface area contributed by atoms with Gasteiger partial charge in [0.2, 0.25) is 0 Å². The first-order valence-electron chi connectivity index (χ1n) is 2.64. The van der Waals surface area contributed by atoms with E-state index in [0.29, 0.717) is 5.92 Å². The van der Waals surface area contributed by atoms with E-state index < -0.39 is 0 Å². The predicted molar refractivity (Wildman–Crippen MR) is 42.1 cm³/mol. The van der Waals surface area contributed by atoms with E-state index in [1.807, 2.05) is 0 Å². The fourth-order valence-corrected chi connectivity index (χ4v) is 2.17. The third-order valence-corrected chi connectivity index (χ3v) is 2.90. The van der Waals surface area contributed by atoms with Crippen LogP contribution in [0.3, 0.4) is 0 Å². The summed E-state index contributed by atoms with van der Waals surface area (Å²) in [4.78, 5) is 0. The van der Waals surface area contributed by atoms with Gasteiger partial charge in [0.15, 0.2) is 0 Å². The standard InChI is InChI=1S/C5H9NS2/c6-5-1-4(2-7)3-8-5/h4,6-7H,1-3H2. The molecular weight excluding hydrogens is 138 g/mol. The normalized spacial score (nSPS) is 29.1. The second-order valence-electron chi connectivity index (χ2n) is 1.99. The maximum atomic E-state index is 7.21. The molecule has 0 amide bonds. The van der Waals surface area contributed by atoms with E-state index in [2.05, 4.69) is 12.6 Å². The molecule has 1 heterocycles. The number of hydrogen-bond donors (Lipinski definition) is 2. The molecule has 8 heavy (non-hydrogen) atoms. The Morgan fingerprint density at radius 2 is 2.62 bits per heavy atom. The zero-order valence-electron chi connectivity index (χ0n) is 4.55. The lowest BCUT2D eigenvalue weighted by Gasteiger charge is -1.97. The van der Waals surface area contributed by atoms with Crippen molar-refractivity contribution in [3.63, 3.8) is 0 Å². The van der Waals surface area contributed by atoms with Crippen LogP contribution in [0, 0.1) is 11.3 Å². The summed E-state index contributed by atoms with van der Waals surface area (Å²) in [5.41, 5.74) is 0. The summed E-state index contributed by atoms with van der Waals surface area (Å²) in [7, 11) is 0. The summed E-state index contributed by atoms with van der Waals surface area (Å²) >= 11 is 5.81. The molecule has 0 bridgehead atoms. The Bertz CT molecular complexity index is 103. The molecule has 1 fully saturated rings. The Labute approximate surface area is 59.2 Å². The third-order valence-electron chi connectivity index (χ3n) is 1.23. The molecule has 0 spiro atoms. The van der Waals surface area contributed by atoms with Gasteiger partial charge in [0, 0.05) is 5.75 Å². The third kappa shape index (κ3) is 1.42. The van der Waals surface area contributed by atoms with Crippen LogP contribution in [0.2, 0.25) is 0 Å². The number of thioether (sulfide) groups is 1. The minimum atomic E-state index is 0.677. The van der Waals surface area contributed by atoms with E-state index in [-0.39, 0.29) is 0 Å². The molecule has 0 aromatic carbocycles. The molecule has 1 atom stereocenters. The minimum Gasteiger partial charge on any atom is -0.298 e. The smallest absolute Gasteiger partial charge is 0.0644 e. The van der Waals surface area contributed by atoms with Crippen LogP contribution in [0.25, 0.3) is 0 Å². The van der Waals surface area contributed by atoms with Crippen molar-refractivity contribution in [2.24, 2.45) is 5.92 Å². The summed E-state index contributed by atoms with van der Waals surface area (Å²) in [5, 5.41) is 8.05. The molecular formula is C5H9NS2. The van der Waals surface area contributed by atoms with Gasteiger partial charge < -0.3 is 0 Å². The van der Waals surface area contributed by atoms with Crippen molar-refractivity contribution in [2.45, 2.75) is 6.42 Å². The first kappa shape index (κ1) is 6.49. The number of hydrogen-bond acceptors (Lipinski definition) is 3. The molecule has 1 aliphatic heterocycles. The van der Waals surface area contributed by atoms with Gasteiger partial charge in [0.05, 0.1) is 5.04 Å². The van der Waals surface area contributed by atoms with Gasteiger partial charge >= 0.3 is 0 Å². The maximum absolute atomic E-state index is 7.21. The second kappa shape index (κ2) is 2.78. The van der Waals surface area contributed by atoms with E-state index in [4.69, 9.17) is 5.41 Å². The van der Waals surface area contributed by atoms with Gasteiger partial charge in [-0.05, 0) is 18.1 Å². The fraction of sp³-hybridized carbons (Fsp3) is 0.800. The van der Waals surface area contributed by atoms with Crippen molar-refractivity contribution in [3.05, 3.63) is 0 Å². The minimum absolute atomic E-state index is 0.677. The van der Waals surface area contributed by atoms with E-state index in [1.165, 1.54) is 0 Å². The van der Waals surface area contributed by atoms with Gasteiger partial charge in [0.1, 0.15) is 0 Å². The van der Waals surface area contributed by atoms with Gasteiger partial charge in [-0.1, -0.05) is 0 Å². The molecule has 1 aliphatic rings. The monoisotopic (exact) mass is 147 g/mol. The van der Waals surface area contributed by atoms with E-state index in [0.717, 1.165) is 23.0 Å². The van der Waals surface area contributed by atoms with Crippen LogP contribution < -0.4 is 0 Å². The molecule has 0 aromatic rings. The average Bonchev–Trinajstić information content (AvgIpc) is 2.14. The second-order valence-corrected chi connectivity index (χ2v) is 3.47. The van der Waals surface area contributed by atoms with Crippen LogP contribution >= 0.6 is 24.4 Å². The Morgan fingerprint density at radius 1 is 1.88 bits per heavy atom. The van der Waals surface area contributed by atoms with Crippen LogP contribution in [0.4, 0.5) is 0 Å². The molecule has 1 N–H and O–H groups in total. The Balaban J connectivity index is 2.32.